The van der Waals surface area contributed by atoms with E-state index in [2.05, 4.69) is 26.9 Å². The summed E-state index contributed by atoms with van der Waals surface area (Å²) in [6, 6.07) is 11.3. The molecule has 150 valence electrons. The number of fused-ring (bicyclic) bond motifs is 2. The molecule has 5 rings (SSSR count). The fourth-order valence-corrected chi connectivity index (χ4v) is 4.00. The van der Waals surface area contributed by atoms with E-state index in [0.29, 0.717) is 24.0 Å². The summed E-state index contributed by atoms with van der Waals surface area (Å²) in [5, 5.41) is 0.521. The van der Waals surface area contributed by atoms with Crippen molar-refractivity contribution in [2.75, 3.05) is 33.0 Å². The second kappa shape index (κ2) is 7.67. The zero-order valence-corrected chi connectivity index (χ0v) is 16.6. The predicted molar refractivity (Wildman–Crippen MR) is 110 cm³/mol. The number of rotatable bonds is 4. The Morgan fingerprint density at radius 3 is 2.52 bits per heavy atom. The molecule has 0 N–H and O–H groups in total. The van der Waals surface area contributed by atoms with Crippen LogP contribution in [0.3, 0.4) is 0 Å². The molecule has 0 unspecified atom stereocenters. The second-order valence-electron chi connectivity index (χ2n) is 7.40. The molecule has 4 heterocycles. The topological polar surface area (TPSA) is 59.3 Å². The number of pyridine rings is 1. The molecule has 0 spiro atoms. The van der Waals surface area contributed by atoms with Gasteiger partial charge >= 0.3 is 0 Å². The Balaban J connectivity index is 1.20. The lowest BCUT2D eigenvalue weighted by atomic mass is 10.1. The van der Waals surface area contributed by atoms with E-state index in [0.717, 1.165) is 49.9 Å². The Labute approximate surface area is 173 Å². The van der Waals surface area contributed by atoms with Crippen LogP contribution in [0.25, 0.3) is 5.65 Å². The molecule has 0 saturated carbocycles. The fourth-order valence-electron chi connectivity index (χ4n) is 3.84. The van der Waals surface area contributed by atoms with Crippen LogP contribution in [0.15, 0.2) is 47.4 Å². The second-order valence-corrected chi connectivity index (χ2v) is 7.84. The summed E-state index contributed by atoms with van der Waals surface area (Å²) >= 11 is 5.97. The third-order valence-electron chi connectivity index (χ3n) is 5.37. The molecule has 0 aliphatic carbocycles. The van der Waals surface area contributed by atoms with E-state index in [1.165, 1.54) is 9.96 Å². The van der Waals surface area contributed by atoms with Crippen LogP contribution >= 0.6 is 11.6 Å². The van der Waals surface area contributed by atoms with Crippen LogP contribution in [0, 0.1) is 0 Å². The molecule has 2 aromatic heterocycles. The third-order valence-corrected chi connectivity index (χ3v) is 5.59. The molecular formula is C21H21ClN4O3. The largest absolute Gasteiger partial charge is 0.454 e. The zero-order chi connectivity index (χ0) is 19.8. The number of halogens is 1. The number of nitrogens with zero attached hydrogens (tertiary/aromatic N) is 4. The minimum atomic E-state index is -0.103. The molecule has 1 aromatic carbocycles. The van der Waals surface area contributed by atoms with E-state index in [1.54, 1.807) is 24.4 Å². The van der Waals surface area contributed by atoms with E-state index in [9.17, 15) is 4.79 Å². The van der Waals surface area contributed by atoms with Crippen molar-refractivity contribution in [2.45, 2.75) is 13.1 Å². The van der Waals surface area contributed by atoms with Crippen LogP contribution in [0.4, 0.5) is 0 Å². The van der Waals surface area contributed by atoms with Crippen molar-refractivity contribution in [2.24, 2.45) is 0 Å². The highest BCUT2D eigenvalue weighted by molar-refractivity contribution is 6.30. The van der Waals surface area contributed by atoms with Crippen molar-refractivity contribution < 1.29 is 9.47 Å². The molecule has 0 radical (unpaired) electrons. The van der Waals surface area contributed by atoms with Crippen molar-refractivity contribution >= 4 is 17.2 Å². The van der Waals surface area contributed by atoms with Crippen molar-refractivity contribution in [3.05, 3.63) is 69.2 Å². The predicted octanol–water partition coefficient (Wildman–Crippen LogP) is 2.39. The van der Waals surface area contributed by atoms with Crippen molar-refractivity contribution in [3.8, 4) is 11.5 Å². The smallest absolute Gasteiger partial charge is 0.258 e. The van der Waals surface area contributed by atoms with Gasteiger partial charge in [0.1, 0.15) is 5.65 Å². The number of benzene rings is 1. The highest BCUT2D eigenvalue weighted by Crippen LogP contribution is 2.32. The molecular weight excluding hydrogens is 392 g/mol. The molecule has 29 heavy (non-hydrogen) atoms. The van der Waals surface area contributed by atoms with Crippen molar-refractivity contribution in [3.63, 3.8) is 0 Å². The molecule has 1 saturated heterocycles. The average molecular weight is 413 g/mol. The first-order valence-electron chi connectivity index (χ1n) is 9.65. The summed E-state index contributed by atoms with van der Waals surface area (Å²) < 4.78 is 12.3. The molecule has 0 atom stereocenters. The summed E-state index contributed by atoms with van der Waals surface area (Å²) in [4.78, 5) is 21.7. The van der Waals surface area contributed by atoms with Gasteiger partial charge in [-0.25, -0.2) is 4.98 Å². The van der Waals surface area contributed by atoms with Crippen LogP contribution in [-0.2, 0) is 13.1 Å². The lowest BCUT2D eigenvalue weighted by Crippen LogP contribution is -2.45. The van der Waals surface area contributed by atoms with Gasteiger partial charge in [0.2, 0.25) is 6.79 Å². The molecule has 8 heteroatoms. The Morgan fingerprint density at radius 2 is 1.69 bits per heavy atom. The molecule has 0 bridgehead atoms. The van der Waals surface area contributed by atoms with E-state index >= 15 is 0 Å². The number of hydrogen-bond acceptors (Lipinski definition) is 6. The van der Waals surface area contributed by atoms with E-state index < -0.39 is 0 Å². The van der Waals surface area contributed by atoms with Gasteiger partial charge in [0.15, 0.2) is 11.5 Å². The standard InChI is InChI=1S/C21H21ClN4O3/c22-16-2-4-20-23-17(10-21(27)26(20)12-16)13-25-7-5-24(6-8-25)11-15-1-3-18-19(9-15)29-14-28-18/h1-4,9-10,12H,5-8,11,13-14H2. The summed E-state index contributed by atoms with van der Waals surface area (Å²) in [5.41, 5.74) is 2.54. The summed E-state index contributed by atoms with van der Waals surface area (Å²) in [6.45, 7) is 5.68. The zero-order valence-electron chi connectivity index (χ0n) is 15.9. The minimum Gasteiger partial charge on any atom is -0.454 e. The normalized spacial score (nSPS) is 17.1. The Hall–Kier alpha value is -2.61. The van der Waals surface area contributed by atoms with Crippen LogP contribution in [0.2, 0.25) is 5.02 Å². The van der Waals surface area contributed by atoms with Gasteiger partial charge in [-0.1, -0.05) is 17.7 Å². The monoisotopic (exact) mass is 412 g/mol. The number of ether oxygens (including phenoxy) is 2. The SMILES string of the molecule is O=c1cc(CN2CCN(Cc3ccc4c(c3)OCO4)CC2)nc2ccc(Cl)cn12. The summed E-state index contributed by atoms with van der Waals surface area (Å²) in [5.74, 6) is 1.65. The molecule has 2 aliphatic heterocycles. The van der Waals surface area contributed by atoms with Gasteiger partial charge in [0.25, 0.3) is 5.56 Å². The van der Waals surface area contributed by atoms with Gasteiger partial charge < -0.3 is 9.47 Å². The molecule has 3 aromatic rings. The van der Waals surface area contributed by atoms with Gasteiger partial charge in [0, 0.05) is 51.5 Å². The number of hydrogen-bond donors (Lipinski definition) is 0. The maximum atomic E-state index is 12.3. The van der Waals surface area contributed by atoms with Gasteiger partial charge in [-0.3, -0.25) is 19.0 Å². The lowest BCUT2D eigenvalue weighted by Gasteiger charge is -2.34. The number of piperazine rings is 1. The Kier molecular flexibility index (Phi) is 4.87. The summed E-state index contributed by atoms with van der Waals surface area (Å²) in [6.07, 6.45) is 1.60. The highest BCUT2D eigenvalue weighted by atomic mass is 35.5. The Morgan fingerprint density at radius 1 is 0.931 bits per heavy atom. The average Bonchev–Trinajstić information content (AvgIpc) is 3.18. The van der Waals surface area contributed by atoms with Crippen LogP contribution in [0.1, 0.15) is 11.3 Å². The maximum absolute atomic E-state index is 12.3. The van der Waals surface area contributed by atoms with E-state index in [1.807, 2.05) is 6.07 Å². The van der Waals surface area contributed by atoms with Crippen molar-refractivity contribution in [1.29, 1.82) is 0 Å². The number of aromatic nitrogens is 2. The van der Waals surface area contributed by atoms with Gasteiger partial charge in [0.05, 0.1) is 10.7 Å². The van der Waals surface area contributed by atoms with Gasteiger partial charge in [-0.15, -0.1) is 0 Å². The van der Waals surface area contributed by atoms with Gasteiger partial charge in [-0.05, 0) is 29.8 Å². The highest BCUT2D eigenvalue weighted by Gasteiger charge is 2.19. The summed E-state index contributed by atoms with van der Waals surface area (Å²) in [7, 11) is 0. The van der Waals surface area contributed by atoms with Crippen LogP contribution in [-0.4, -0.2) is 52.2 Å². The van der Waals surface area contributed by atoms with Crippen LogP contribution < -0.4 is 15.0 Å². The minimum absolute atomic E-state index is 0.103. The van der Waals surface area contributed by atoms with Crippen LogP contribution in [0.5, 0.6) is 11.5 Å². The molecule has 1 fully saturated rings. The maximum Gasteiger partial charge on any atom is 0.258 e. The van der Waals surface area contributed by atoms with Crippen molar-refractivity contribution in [1.82, 2.24) is 19.2 Å². The van der Waals surface area contributed by atoms with Gasteiger partial charge in [-0.2, -0.15) is 0 Å². The third kappa shape index (κ3) is 3.94. The molecule has 2 aliphatic rings. The quantitative estimate of drug-likeness (QED) is 0.655. The fraction of sp³-hybridized carbons (Fsp3) is 0.333. The van der Waals surface area contributed by atoms with E-state index in [4.69, 9.17) is 21.1 Å². The Bertz CT molecular complexity index is 1110. The lowest BCUT2D eigenvalue weighted by molar-refractivity contribution is 0.121. The first-order chi connectivity index (χ1) is 14.1. The first-order valence-corrected chi connectivity index (χ1v) is 10.0. The molecule has 7 nitrogen and oxygen atoms in total. The van der Waals surface area contributed by atoms with E-state index in [-0.39, 0.29) is 5.56 Å². The molecule has 0 amide bonds. The first kappa shape index (κ1) is 18.4.